The molecule has 0 fully saturated rings. The summed E-state index contributed by atoms with van der Waals surface area (Å²) in [4.78, 5) is 16.9. The van der Waals surface area contributed by atoms with E-state index in [9.17, 15) is 4.79 Å². The molecule has 0 saturated heterocycles. The fraction of sp³-hybridized carbons (Fsp3) is 0.400. The second-order valence-corrected chi connectivity index (χ2v) is 4.79. The van der Waals surface area contributed by atoms with Gasteiger partial charge in [-0.15, -0.1) is 0 Å². The Morgan fingerprint density at radius 1 is 1.10 bits per heavy atom. The van der Waals surface area contributed by atoms with Crippen LogP contribution in [0.5, 0.6) is 0 Å². The standard InChI is InChI=1S/C15H20N2O3/c18-8-3-6-17(7-9-19)11-13-10-12-4-1-2-5-14(12)16-15(13)20/h1-2,4-5,10,18-19H,3,6-9,11H2,(H,16,20). The van der Waals surface area contributed by atoms with E-state index in [4.69, 9.17) is 10.2 Å². The number of hydrogen-bond acceptors (Lipinski definition) is 4. The van der Waals surface area contributed by atoms with Gasteiger partial charge in [-0.05, 0) is 23.9 Å². The van der Waals surface area contributed by atoms with E-state index in [1.165, 1.54) is 0 Å². The van der Waals surface area contributed by atoms with E-state index < -0.39 is 0 Å². The molecule has 0 saturated carbocycles. The Labute approximate surface area is 117 Å². The van der Waals surface area contributed by atoms with E-state index in [0.29, 0.717) is 31.6 Å². The van der Waals surface area contributed by atoms with Crippen LogP contribution in [0.1, 0.15) is 12.0 Å². The highest BCUT2D eigenvalue weighted by Gasteiger charge is 2.09. The Bertz CT molecular complexity index is 609. The van der Waals surface area contributed by atoms with Crippen molar-refractivity contribution in [3.8, 4) is 0 Å². The van der Waals surface area contributed by atoms with Crippen molar-refractivity contribution in [2.45, 2.75) is 13.0 Å². The number of aliphatic hydroxyl groups is 2. The van der Waals surface area contributed by atoms with Gasteiger partial charge in [-0.25, -0.2) is 0 Å². The van der Waals surface area contributed by atoms with Gasteiger partial charge in [-0.3, -0.25) is 9.69 Å². The topological polar surface area (TPSA) is 76.6 Å². The second-order valence-electron chi connectivity index (χ2n) is 4.79. The van der Waals surface area contributed by atoms with Crippen LogP contribution in [0.2, 0.25) is 0 Å². The third-order valence-corrected chi connectivity index (χ3v) is 3.27. The molecular weight excluding hydrogens is 256 g/mol. The first kappa shape index (κ1) is 14.7. The maximum Gasteiger partial charge on any atom is 0.252 e. The number of aromatic nitrogens is 1. The van der Waals surface area contributed by atoms with Gasteiger partial charge in [0.15, 0.2) is 0 Å². The molecule has 108 valence electrons. The van der Waals surface area contributed by atoms with E-state index in [0.717, 1.165) is 10.9 Å². The summed E-state index contributed by atoms with van der Waals surface area (Å²) in [6.07, 6.45) is 0.630. The highest BCUT2D eigenvalue weighted by Crippen LogP contribution is 2.11. The Morgan fingerprint density at radius 2 is 1.90 bits per heavy atom. The molecule has 2 rings (SSSR count). The molecule has 5 heteroatoms. The molecule has 0 aliphatic heterocycles. The van der Waals surface area contributed by atoms with Gasteiger partial charge in [0.2, 0.25) is 0 Å². The Hall–Kier alpha value is -1.69. The third-order valence-electron chi connectivity index (χ3n) is 3.27. The first-order valence-electron chi connectivity index (χ1n) is 6.79. The highest BCUT2D eigenvalue weighted by molar-refractivity contribution is 5.78. The molecule has 0 amide bonds. The predicted octanol–water partition coefficient (Wildman–Crippen LogP) is 0.705. The summed E-state index contributed by atoms with van der Waals surface area (Å²) in [6.45, 7) is 1.77. The van der Waals surface area contributed by atoms with Crippen molar-refractivity contribution < 1.29 is 10.2 Å². The molecule has 0 radical (unpaired) electrons. The number of nitrogens with one attached hydrogen (secondary N) is 1. The minimum atomic E-state index is -0.101. The lowest BCUT2D eigenvalue weighted by Crippen LogP contribution is -2.30. The van der Waals surface area contributed by atoms with E-state index >= 15 is 0 Å². The summed E-state index contributed by atoms with van der Waals surface area (Å²) < 4.78 is 0. The van der Waals surface area contributed by atoms with Crippen molar-refractivity contribution in [1.82, 2.24) is 9.88 Å². The number of benzene rings is 1. The number of hydrogen-bond donors (Lipinski definition) is 3. The average Bonchev–Trinajstić information content (AvgIpc) is 2.45. The van der Waals surface area contributed by atoms with E-state index in [2.05, 4.69) is 4.98 Å². The summed E-state index contributed by atoms with van der Waals surface area (Å²) in [7, 11) is 0. The van der Waals surface area contributed by atoms with Gasteiger partial charge in [-0.1, -0.05) is 18.2 Å². The molecule has 0 unspecified atom stereocenters. The van der Waals surface area contributed by atoms with Crippen LogP contribution in [-0.2, 0) is 6.54 Å². The fourth-order valence-corrected chi connectivity index (χ4v) is 2.26. The number of rotatable bonds is 7. The molecule has 20 heavy (non-hydrogen) atoms. The maximum absolute atomic E-state index is 12.1. The Kier molecular flexibility index (Phi) is 5.29. The summed E-state index contributed by atoms with van der Waals surface area (Å²) in [5.74, 6) is 0. The molecule has 0 bridgehead atoms. The van der Waals surface area contributed by atoms with Crippen LogP contribution in [0.4, 0.5) is 0 Å². The number of aromatic amines is 1. The molecule has 0 spiro atoms. The number of fused-ring (bicyclic) bond motifs is 1. The fourth-order valence-electron chi connectivity index (χ4n) is 2.26. The summed E-state index contributed by atoms with van der Waals surface area (Å²) >= 11 is 0. The molecule has 0 aliphatic rings. The number of H-pyrrole nitrogens is 1. The summed E-state index contributed by atoms with van der Waals surface area (Å²) in [5, 5.41) is 18.9. The van der Waals surface area contributed by atoms with Gasteiger partial charge >= 0.3 is 0 Å². The van der Waals surface area contributed by atoms with Gasteiger partial charge in [0.1, 0.15) is 0 Å². The average molecular weight is 276 g/mol. The summed E-state index contributed by atoms with van der Waals surface area (Å²) in [6, 6.07) is 9.53. The zero-order valence-electron chi connectivity index (χ0n) is 11.4. The van der Waals surface area contributed by atoms with Crippen LogP contribution in [-0.4, -0.2) is 46.4 Å². The normalized spacial score (nSPS) is 11.3. The number of pyridine rings is 1. The lowest BCUT2D eigenvalue weighted by Gasteiger charge is -2.20. The van der Waals surface area contributed by atoms with Crippen LogP contribution in [0.3, 0.4) is 0 Å². The predicted molar refractivity (Wildman–Crippen MR) is 78.6 cm³/mol. The molecular formula is C15H20N2O3. The van der Waals surface area contributed by atoms with Crippen LogP contribution < -0.4 is 5.56 Å². The largest absolute Gasteiger partial charge is 0.396 e. The van der Waals surface area contributed by atoms with Crippen molar-refractivity contribution in [3.05, 3.63) is 46.2 Å². The van der Waals surface area contributed by atoms with Crippen LogP contribution in [0.25, 0.3) is 10.9 Å². The summed E-state index contributed by atoms with van der Waals surface area (Å²) in [5.41, 5.74) is 1.40. The molecule has 1 aromatic heterocycles. The van der Waals surface area contributed by atoms with Crippen molar-refractivity contribution in [3.63, 3.8) is 0 Å². The van der Waals surface area contributed by atoms with Crippen LogP contribution in [0, 0.1) is 0 Å². The lowest BCUT2D eigenvalue weighted by molar-refractivity contribution is 0.174. The molecule has 5 nitrogen and oxygen atoms in total. The lowest BCUT2D eigenvalue weighted by atomic mass is 10.1. The minimum absolute atomic E-state index is 0.0386. The van der Waals surface area contributed by atoms with Gasteiger partial charge < -0.3 is 15.2 Å². The first-order valence-corrected chi connectivity index (χ1v) is 6.79. The minimum Gasteiger partial charge on any atom is -0.396 e. The van der Waals surface area contributed by atoms with Crippen molar-refractivity contribution >= 4 is 10.9 Å². The highest BCUT2D eigenvalue weighted by atomic mass is 16.3. The number of aliphatic hydroxyl groups excluding tert-OH is 2. The van der Waals surface area contributed by atoms with Crippen molar-refractivity contribution in [1.29, 1.82) is 0 Å². The van der Waals surface area contributed by atoms with Gasteiger partial charge in [-0.2, -0.15) is 0 Å². The Morgan fingerprint density at radius 3 is 2.65 bits per heavy atom. The first-order chi connectivity index (χ1) is 9.74. The molecule has 0 aliphatic carbocycles. The molecule has 0 atom stereocenters. The zero-order valence-corrected chi connectivity index (χ0v) is 11.4. The van der Waals surface area contributed by atoms with Crippen molar-refractivity contribution in [2.24, 2.45) is 0 Å². The number of nitrogens with zero attached hydrogens (tertiary/aromatic N) is 1. The third kappa shape index (κ3) is 3.66. The Balaban J connectivity index is 2.22. The van der Waals surface area contributed by atoms with Gasteiger partial charge in [0.25, 0.3) is 5.56 Å². The second kappa shape index (κ2) is 7.19. The van der Waals surface area contributed by atoms with E-state index in [1.54, 1.807) is 0 Å². The molecule has 1 heterocycles. The molecule has 1 aromatic carbocycles. The monoisotopic (exact) mass is 276 g/mol. The maximum atomic E-state index is 12.1. The van der Waals surface area contributed by atoms with Crippen LogP contribution >= 0.6 is 0 Å². The SMILES string of the molecule is O=c1[nH]c2ccccc2cc1CN(CCO)CCCO. The number of para-hydroxylation sites is 1. The quantitative estimate of drug-likeness (QED) is 0.696. The van der Waals surface area contributed by atoms with Crippen molar-refractivity contribution in [2.75, 3.05) is 26.3 Å². The van der Waals surface area contributed by atoms with Gasteiger partial charge in [0, 0.05) is 37.3 Å². The van der Waals surface area contributed by atoms with E-state index in [1.807, 2.05) is 35.2 Å². The van der Waals surface area contributed by atoms with Gasteiger partial charge in [0.05, 0.1) is 6.61 Å². The molecule has 2 aromatic rings. The van der Waals surface area contributed by atoms with E-state index in [-0.39, 0.29) is 18.8 Å². The van der Waals surface area contributed by atoms with Crippen LogP contribution in [0.15, 0.2) is 35.1 Å². The zero-order chi connectivity index (χ0) is 14.4. The molecule has 3 N–H and O–H groups in total. The smallest absolute Gasteiger partial charge is 0.252 e.